The van der Waals surface area contributed by atoms with Gasteiger partial charge in [-0.3, -0.25) is 0 Å². The minimum atomic E-state index is -2.06. The summed E-state index contributed by atoms with van der Waals surface area (Å²) in [4.78, 5) is 11.9. The summed E-state index contributed by atoms with van der Waals surface area (Å²) in [5.41, 5.74) is 0.332. The van der Waals surface area contributed by atoms with E-state index in [2.05, 4.69) is 0 Å². The molecule has 1 aromatic carbocycles. The van der Waals surface area contributed by atoms with Crippen molar-refractivity contribution >= 4 is 5.97 Å². The van der Waals surface area contributed by atoms with Gasteiger partial charge in [-0.1, -0.05) is 25.1 Å². The summed E-state index contributed by atoms with van der Waals surface area (Å²) in [6.45, 7) is 1.67. The number of benzene rings is 1. The molecule has 3 N–H and O–H groups in total. The smallest absolute Gasteiger partial charge is 0.338 e. The van der Waals surface area contributed by atoms with E-state index in [9.17, 15) is 15.0 Å². The lowest BCUT2D eigenvalue weighted by Gasteiger charge is -2.48. The van der Waals surface area contributed by atoms with Crippen LogP contribution in [0.4, 0.5) is 0 Å². The largest absolute Gasteiger partial charge is 0.453 e. The molecule has 0 radical (unpaired) electrons. The molecule has 1 heterocycles. The highest BCUT2D eigenvalue weighted by Gasteiger charge is 2.59. The lowest BCUT2D eigenvalue weighted by atomic mass is 9.95. The van der Waals surface area contributed by atoms with Gasteiger partial charge >= 0.3 is 5.97 Å². The summed E-state index contributed by atoms with van der Waals surface area (Å²) in [6.07, 6.45) is -3.78. The van der Waals surface area contributed by atoms with Gasteiger partial charge in [-0.25, -0.2) is 4.79 Å². The van der Waals surface area contributed by atoms with Gasteiger partial charge in [0.15, 0.2) is 18.5 Å². The normalized spacial score (nSPS) is 31.4. The molecule has 0 saturated carbocycles. The second-order valence-corrected chi connectivity index (χ2v) is 4.37. The number of carbonyl (C=O) groups is 1. The molecule has 1 aliphatic heterocycles. The van der Waals surface area contributed by atoms with Crippen molar-refractivity contribution in [1.29, 1.82) is 0 Å². The van der Waals surface area contributed by atoms with Crippen LogP contribution in [0, 0.1) is 0 Å². The van der Waals surface area contributed by atoms with E-state index >= 15 is 0 Å². The van der Waals surface area contributed by atoms with Crippen molar-refractivity contribution in [3.8, 4) is 0 Å². The fourth-order valence-electron chi connectivity index (χ4n) is 1.96. The Balaban J connectivity index is 2.06. The molecule has 104 valence electrons. The average molecular weight is 268 g/mol. The molecule has 19 heavy (non-hydrogen) atoms. The Labute approximate surface area is 110 Å². The van der Waals surface area contributed by atoms with Crippen LogP contribution >= 0.6 is 0 Å². The Hall–Kier alpha value is -1.47. The van der Waals surface area contributed by atoms with Crippen molar-refractivity contribution in [3.05, 3.63) is 35.9 Å². The van der Waals surface area contributed by atoms with Crippen molar-refractivity contribution < 1.29 is 29.6 Å². The number of carbonyl (C=O) groups excluding carboxylic acids is 1. The van der Waals surface area contributed by atoms with Gasteiger partial charge in [-0.05, 0) is 18.6 Å². The van der Waals surface area contributed by atoms with Crippen LogP contribution in [0.25, 0.3) is 0 Å². The van der Waals surface area contributed by atoms with E-state index < -0.39 is 30.3 Å². The Bertz CT molecular complexity index is 448. The van der Waals surface area contributed by atoms with Gasteiger partial charge in [0.05, 0.1) is 5.56 Å². The molecular weight excluding hydrogens is 252 g/mol. The number of ether oxygens (including phenoxy) is 2. The fourth-order valence-corrected chi connectivity index (χ4v) is 1.96. The van der Waals surface area contributed by atoms with Gasteiger partial charge in [-0.2, -0.15) is 0 Å². The van der Waals surface area contributed by atoms with Crippen LogP contribution in [-0.4, -0.2) is 45.6 Å². The standard InChI is InChI=1S/C13H16O6/c1-2-9(13(17)10(14)12(16)19-13)18-11(15)8-6-4-3-5-7-8/h3-7,9-10,12,14,16-17H,2H2,1H3/t9-,10?,12-,13?/m1/s1. The summed E-state index contributed by atoms with van der Waals surface area (Å²) < 4.78 is 9.84. The number of hydrogen-bond acceptors (Lipinski definition) is 6. The lowest BCUT2D eigenvalue weighted by molar-refractivity contribution is -0.453. The van der Waals surface area contributed by atoms with Gasteiger partial charge < -0.3 is 24.8 Å². The highest BCUT2D eigenvalue weighted by Crippen LogP contribution is 2.35. The highest BCUT2D eigenvalue weighted by molar-refractivity contribution is 5.89. The Morgan fingerprint density at radius 1 is 1.42 bits per heavy atom. The molecule has 4 atom stereocenters. The molecule has 0 amide bonds. The van der Waals surface area contributed by atoms with Crippen LogP contribution < -0.4 is 0 Å². The first-order valence-electron chi connectivity index (χ1n) is 6.01. The first kappa shape index (κ1) is 14.0. The molecule has 2 unspecified atom stereocenters. The molecule has 0 aromatic heterocycles. The first-order valence-corrected chi connectivity index (χ1v) is 6.01. The quantitative estimate of drug-likeness (QED) is 0.666. The first-order chi connectivity index (χ1) is 8.99. The third-order valence-electron chi connectivity index (χ3n) is 3.09. The van der Waals surface area contributed by atoms with E-state index in [1.807, 2.05) is 0 Å². The predicted molar refractivity (Wildman–Crippen MR) is 64.0 cm³/mol. The molecular formula is C13H16O6. The van der Waals surface area contributed by atoms with E-state index in [-0.39, 0.29) is 6.42 Å². The highest BCUT2D eigenvalue weighted by atomic mass is 16.8. The third-order valence-corrected chi connectivity index (χ3v) is 3.09. The van der Waals surface area contributed by atoms with Crippen LogP contribution in [0.3, 0.4) is 0 Å². The zero-order valence-electron chi connectivity index (χ0n) is 10.4. The van der Waals surface area contributed by atoms with Crippen LogP contribution in [-0.2, 0) is 9.47 Å². The SMILES string of the molecule is CC[C@@H](OC(=O)c1ccccc1)C1(O)O[C@@H](O)C1O. The summed E-state index contributed by atoms with van der Waals surface area (Å²) in [5.74, 6) is -2.68. The van der Waals surface area contributed by atoms with Gasteiger partial charge in [0, 0.05) is 0 Å². The topological polar surface area (TPSA) is 96.2 Å². The number of rotatable bonds is 4. The van der Waals surface area contributed by atoms with E-state index in [4.69, 9.17) is 14.6 Å². The lowest BCUT2D eigenvalue weighted by Crippen LogP contribution is -2.70. The van der Waals surface area contributed by atoms with E-state index in [1.54, 1.807) is 37.3 Å². The summed E-state index contributed by atoms with van der Waals surface area (Å²) in [7, 11) is 0. The zero-order chi connectivity index (χ0) is 14.0. The van der Waals surface area contributed by atoms with Gasteiger partial charge in [0.25, 0.3) is 0 Å². The van der Waals surface area contributed by atoms with Crippen LogP contribution in [0.1, 0.15) is 23.7 Å². The van der Waals surface area contributed by atoms with Gasteiger partial charge in [-0.15, -0.1) is 0 Å². The molecule has 1 aromatic rings. The van der Waals surface area contributed by atoms with Crippen molar-refractivity contribution in [2.75, 3.05) is 0 Å². The Morgan fingerprint density at radius 2 is 2.05 bits per heavy atom. The van der Waals surface area contributed by atoms with Gasteiger partial charge in [0.1, 0.15) is 0 Å². The Kier molecular flexibility index (Phi) is 3.86. The van der Waals surface area contributed by atoms with Gasteiger partial charge in [0.2, 0.25) is 5.79 Å². The molecule has 1 aliphatic rings. The summed E-state index contributed by atoms with van der Waals surface area (Å²) in [5, 5.41) is 28.6. The minimum absolute atomic E-state index is 0.235. The minimum Gasteiger partial charge on any atom is -0.453 e. The maximum Gasteiger partial charge on any atom is 0.338 e. The molecule has 0 aliphatic carbocycles. The predicted octanol–water partition coefficient (Wildman–Crippen LogP) is 0.0201. The fraction of sp³-hybridized carbons (Fsp3) is 0.462. The van der Waals surface area contributed by atoms with E-state index in [1.165, 1.54) is 0 Å². The number of aliphatic hydroxyl groups excluding tert-OH is 2. The number of hydrogen-bond donors (Lipinski definition) is 3. The molecule has 0 bridgehead atoms. The molecule has 6 nitrogen and oxygen atoms in total. The Morgan fingerprint density at radius 3 is 2.53 bits per heavy atom. The van der Waals surface area contributed by atoms with Crippen molar-refractivity contribution in [2.45, 2.75) is 37.6 Å². The summed E-state index contributed by atoms with van der Waals surface area (Å²) >= 11 is 0. The summed E-state index contributed by atoms with van der Waals surface area (Å²) in [6, 6.07) is 8.28. The molecule has 6 heteroatoms. The maximum atomic E-state index is 11.9. The monoisotopic (exact) mass is 268 g/mol. The molecule has 2 rings (SSSR count). The second-order valence-electron chi connectivity index (χ2n) is 4.37. The maximum absolute atomic E-state index is 11.9. The van der Waals surface area contributed by atoms with Crippen LogP contribution in [0.5, 0.6) is 0 Å². The molecule has 1 fully saturated rings. The molecule has 1 saturated heterocycles. The van der Waals surface area contributed by atoms with Crippen molar-refractivity contribution in [3.63, 3.8) is 0 Å². The van der Waals surface area contributed by atoms with E-state index in [0.29, 0.717) is 5.56 Å². The van der Waals surface area contributed by atoms with Crippen molar-refractivity contribution in [2.24, 2.45) is 0 Å². The number of aliphatic hydroxyl groups is 3. The van der Waals surface area contributed by atoms with Crippen LogP contribution in [0.2, 0.25) is 0 Å². The average Bonchev–Trinajstić information content (AvgIpc) is 2.44. The van der Waals surface area contributed by atoms with E-state index in [0.717, 1.165) is 0 Å². The molecule has 0 spiro atoms. The zero-order valence-corrected chi connectivity index (χ0v) is 10.4. The van der Waals surface area contributed by atoms with Crippen LogP contribution in [0.15, 0.2) is 30.3 Å². The third kappa shape index (κ3) is 2.48. The second kappa shape index (κ2) is 5.26. The number of esters is 1. The van der Waals surface area contributed by atoms with Crippen molar-refractivity contribution in [1.82, 2.24) is 0 Å².